The van der Waals surface area contributed by atoms with Crippen molar-refractivity contribution in [3.05, 3.63) is 33.8 Å². The molecular weight excluding hydrogens is 283 g/mol. The van der Waals surface area contributed by atoms with E-state index >= 15 is 0 Å². The van der Waals surface area contributed by atoms with Crippen molar-refractivity contribution < 1.29 is 4.79 Å². The molecule has 1 fully saturated rings. The van der Waals surface area contributed by atoms with Crippen LogP contribution in [0.5, 0.6) is 0 Å². The molecule has 3 nitrogen and oxygen atoms in total. The van der Waals surface area contributed by atoms with Crippen LogP contribution in [0.1, 0.15) is 19.4 Å². The average Bonchev–Trinajstić information content (AvgIpc) is 2.32. The highest BCUT2D eigenvalue weighted by Gasteiger charge is 2.24. The van der Waals surface area contributed by atoms with Gasteiger partial charge in [-0.2, -0.15) is 0 Å². The van der Waals surface area contributed by atoms with Gasteiger partial charge in [-0.05, 0) is 31.5 Å². The molecule has 1 amide bonds. The largest absolute Gasteiger partial charge is 0.339 e. The Bertz CT molecular complexity index is 469. The normalized spacial score (nSPS) is 23.5. The monoisotopic (exact) mass is 300 g/mol. The number of rotatable bonds is 2. The van der Waals surface area contributed by atoms with Gasteiger partial charge in [0.05, 0.1) is 16.5 Å². The minimum atomic E-state index is 0.138. The van der Waals surface area contributed by atoms with E-state index in [1.165, 1.54) is 0 Å². The highest BCUT2D eigenvalue weighted by atomic mass is 35.5. The number of amides is 1. The molecule has 1 N–H and O–H groups in total. The number of hydrogen-bond donors (Lipinski definition) is 1. The average molecular weight is 301 g/mol. The van der Waals surface area contributed by atoms with Crippen molar-refractivity contribution in [2.45, 2.75) is 32.4 Å². The zero-order valence-corrected chi connectivity index (χ0v) is 12.6. The molecule has 0 spiro atoms. The van der Waals surface area contributed by atoms with Crippen LogP contribution in [0.4, 0.5) is 0 Å². The highest BCUT2D eigenvalue weighted by molar-refractivity contribution is 6.42. The third kappa shape index (κ3) is 3.85. The smallest absolute Gasteiger partial charge is 0.227 e. The fraction of sp³-hybridized carbons (Fsp3) is 0.500. The van der Waals surface area contributed by atoms with E-state index in [2.05, 4.69) is 19.2 Å². The van der Waals surface area contributed by atoms with Gasteiger partial charge in [-0.15, -0.1) is 0 Å². The molecule has 1 saturated heterocycles. The van der Waals surface area contributed by atoms with E-state index < -0.39 is 0 Å². The third-order valence-corrected chi connectivity index (χ3v) is 3.99. The number of halogens is 2. The molecule has 1 aromatic carbocycles. The molecule has 104 valence electrons. The van der Waals surface area contributed by atoms with Gasteiger partial charge < -0.3 is 10.2 Å². The van der Waals surface area contributed by atoms with Crippen LogP contribution in [-0.4, -0.2) is 36.0 Å². The molecule has 2 unspecified atom stereocenters. The molecule has 0 aliphatic carbocycles. The summed E-state index contributed by atoms with van der Waals surface area (Å²) in [5.74, 6) is 0.138. The predicted molar refractivity (Wildman–Crippen MR) is 78.8 cm³/mol. The molecule has 5 heteroatoms. The number of nitrogens with zero attached hydrogens (tertiary/aromatic N) is 1. The summed E-state index contributed by atoms with van der Waals surface area (Å²) in [6.45, 7) is 5.69. The van der Waals surface area contributed by atoms with Crippen molar-refractivity contribution in [2.75, 3.05) is 13.1 Å². The molecule has 0 aromatic heterocycles. The first-order chi connectivity index (χ1) is 8.95. The maximum Gasteiger partial charge on any atom is 0.227 e. The number of hydrogen-bond acceptors (Lipinski definition) is 2. The van der Waals surface area contributed by atoms with Crippen LogP contribution < -0.4 is 5.32 Å². The van der Waals surface area contributed by atoms with Crippen LogP contribution >= 0.6 is 23.2 Å². The lowest BCUT2D eigenvalue weighted by molar-refractivity contribution is -0.132. The quantitative estimate of drug-likeness (QED) is 0.911. The van der Waals surface area contributed by atoms with E-state index in [4.69, 9.17) is 23.2 Å². The third-order valence-electron chi connectivity index (χ3n) is 3.25. The Morgan fingerprint density at radius 3 is 2.47 bits per heavy atom. The Kier molecular flexibility index (Phi) is 4.71. The summed E-state index contributed by atoms with van der Waals surface area (Å²) in [6, 6.07) is 6.01. The molecule has 0 saturated carbocycles. The maximum atomic E-state index is 12.3. The van der Waals surface area contributed by atoms with Crippen LogP contribution in [0, 0.1) is 0 Å². The first kappa shape index (κ1) is 14.6. The SMILES string of the molecule is CC1CN(C(=O)Cc2ccc(Cl)c(Cl)c2)CC(C)N1. The fourth-order valence-electron chi connectivity index (χ4n) is 2.47. The Morgan fingerprint density at radius 1 is 1.26 bits per heavy atom. The summed E-state index contributed by atoms with van der Waals surface area (Å²) in [5.41, 5.74) is 0.901. The van der Waals surface area contributed by atoms with Crippen LogP contribution in [-0.2, 0) is 11.2 Å². The highest BCUT2D eigenvalue weighted by Crippen LogP contribution is 2.23. The Morgan fingerprint density at radius 2 is 1.89 bits per heavy atom. The van der Waals surface area contributed by atoms with E-state index in [0.29, 0.717) is 28.5 Å². The van der Waals surface area contributed by atoms with Gasteiger partial charge in [-0.3, -0.25) is 4.79 Å². The second kappa shape index (κ2) is 6.12. The number of piperazine rings is 1. The second-order valence-corrected chi connectivity index (χ2v) is 6.01. The molecular formula is C14H18Cl2N2O. The van der Waals surface area contributed by atoms with Crippen LogP contribution in [0.3, 0.4) is 0 Å². The standard InChI is InChI=1S/C14H18Cl2N2O/c1-9-7-18(8-10(2)17-9)14(19)6-11-3-4-12(15)13(16)5-11/h3-5,9-10,17H,6-8H2,1-2H3. The Hall–Kier alpha value is -0.770. The van der Waals surface area contributed by atoms with E-state index in [9.17, 15) is 4.79 Å². The molecule has 19 heavy (non-hydrogen) atoms. The molecule has 2 rings (SSSR count). The summed E-state index contributed by atoms with van der Waals surface area (Å²) in [6.07, 6.45) is 0.371. The van der Waals surface area contributed by atoms with Crippen molar-refractivity contribution in [3.63, 3.8) is 0 Å². The minimum Gasteiger partial charge on any atom is -0.339 e. The van der Waals surface area contributed by atoms with Crippen molar-refractivity contribution in [2.24, 2.45) is 0 Å². The summed E-state index contributed by atoms with van der Waals surface area (Å²) in [4.78, 5) is 14.2. The van der Waals surface area contributed by atoms with Crippen molar-refractivity contribution >= 4 is 29.1 Å². The number of carbonyl (C=O) groups is 1. The van der Waals surface area contributed by atoms with Gasteiger partial charge >= 0.3 is 0 Å². The molecule has 0 radical (unpaired) electrons. The number of carbonyl (C=O) groups excluding carboxylic acids is 1. The predicted octanol–water partition coefficient (Wildman–Crippen LogP) is 2.74. The van der Waals surface area contributed by atoms with E-state index in [0.717, 1.165) is 18.7 Å². The topological polar surface area (TPSA) is 32.3 Å². The molecule has 1 heterocycles. The number of benzene rings is 1. The molecule has 1 aliphatic heterocycles. The van der Waals surface area contributed by atoms with Crippen LogP contribution in [0.25, 0.3) is 0 Å². The summed E-state index contributed by atoms with van der Waals surface area (Å²) < 4.78 is 0. The van der Waals surface area contributed by atoms with Gasteiger partial charge in [0.2, 0.25) is 5.91 Å². The summed E-state index contributed by atoms with van der Waals surface area (Å²) in [7, 11) is 0. The molecule has 0 bridgehead atoms. The van der Waals surface area contributed by atoms with Crippen molar-refractivity contribution in [3.8, 4) is 0 Å². The fourth-order valence-corrected chi connectivity index (χ4v) is 2.79. The lowest BCUT2D eigenvalue weighted by Crippen LogP contribution is -2.56. The summed E-state index contributed by atoms with van der Waals surface area (Å²) >= 11 is 11.8. The molecule has 2 atom stereocenters. The van der Waals surface area contributed by atoms with Crippen molar-refractivity contribution in [1.82, 2.24) is 10.2 Å². The maximum absolute atomic E-state index is 12.3. The van der Waals surface area contributed by atoms with E-state index in [1.807, 2.05) is 11.0 Å². The van der Waals surface area contributed by atoms with Gasteiger partial charge in [0, 0.05) is 25.2 Å². The van der Waals surface area contributed by atoms with Gasteiger partial charge in [0.15, 0.2) is 0 Å². The van der Waals surface area contributed by atoms with Gasteiger partial charge in [0.25, 0.3) is 0 Å². The Labute approximate surface area is 123 Å². The lowest BCUT2D eigenvalue weighted by Gasteiger charge is -2.36. The lowest BCUT2D eigenvalue weighted by atomic mass is 10.1. The first-order valence-electron chi connectivity index (χ1n) is 6.43. The zero-order chi connectivity index (χ0) is 14.0. The van der Waals surface area contributed by atoms with Gasteiger partial charge in [0.1, 0.15) is 0 Å². The first-order valence-corrected chi connectivity index (χ1v) is 7.19. The molecule has 1 aromatic rings. The second-order valence-electron chi connectivity index (χ2n) is 5.19. The summed E-state index contributed by atoms with van der Waals surface area (Å²) in [5, 5.41) is 4.42. The van der Waals surface area contributed by atoms with Gasteiger partial charge in [-0.25, -0.2) is 0 Å². The van der Waals surface area contributed by atoms with E-state index in [-0.39, 0.29) is 5.91 Å². The van der Waals surface area contributed by atoms with Crippen LogP contribution in [0.2, 0.25) is 10.0 Å². The zero-order valence-electron chi connectivity index (χ0n) is 11.1. The Balaban J connectivity index is 2.02. The van der Waals surface area contributed by atoms with E-state index in [1.54, 1.807) is 12.1 Å². The molecule has 1 aliphatic rings. The van der Waals surface area contributed by atoms with Crippen LogP contribution in [0.15, 0.2) is 18.2 Å². The van der Waals surface area contributed by atoms with Gasteiger partial charge in [-0.1, -0.05) is 29.3 Å². The minimum absolute atomic E-state index is 0.138. The number of nitrogens with one attached hydrogen (secondary N) is 1. The van der Waals surface area contributed by atoms with Crippen molar-refractivity contribution in [1.29, 1.82) is 0 Å².